The van der Waals surface area contributed by atoms with Crippen LogP contribution in [0.3, 0.4) is 0 Å². The molecule has 1 aromatic carbocycles. The number of aryl methyl sites for hydroxylation is 2. The summed E-state index contributed by atoms with van der Waals surface area (Å²) in [5, 5.41) is 20.4. The average Bonchev–Trinajstić information content (AvgIpc) is 3.34. The standard InChI is InChI=1S/C29H36N10O3/c1-19-6-7-22(36-42-28(40)21-8-9-30-24(15-21)29(3,4)41)16-23(19)33-27-14-20(2)34-39(27)26-17-25(31-18-32-26)35-38-12-10-37(5)11-13-38/h6-9,14-18,33,36,41H,10-13H2,1-5H3,(H,31,32,35). The monoisotopic (exact) mass is 572 g/mol. The molecule has 4 aromatic rings. The summed E-state index contributed by atoms with van der Waals surface area (Å²) in [6.45, 7) is 10.9. The van der Waals surface area contributed by atoms with Crippen molar-refractivity contribution < 1.29 is 14.7 Å². The van der Waals surface area contributed by atoms with E-state index in [4.69, 9.17) is 4.84 Å². The zero-order valence-electron chi connectivity index (χ0n) is 24.4. The summed E-state index contributed by atoms with van der Waals surface area (Å²) < 4.78 is 1.73. The van der Waals surface area contributed by atoms with Gasteiger partial charge in [0.25, 0.3) is 0 Å². The number of hydrogen-bond donors (Lipinski definition) is 4. The number of nitrogens with one attached hydrogen (secondary N) is 3. The van der Waals surface area contributed by atoms with Crippen LogP contribution in [0.5, 0.6) is 0 Å². The second-order valence-corrected chi connectivity index (χ2v) is 10.9. The third-order valence-electron chi connectivity index (χ3n) is 6.86. The maximum Gasteiger partial charge on any atom is 0.362 e. The molecule has 4 heterocycles. The molecule has 5 rings (SSSR count). The maximum absolute atomic E-state index is 12.7. The summed E-state index contributed by atoms with van der Waals surface area (Å²) >= 11 is 0. The molecule has 0 bridgehead atoms. The van der Waals surface area contributed by atoms with Gasteiger partial charge in [-0.25, -0.2) is 25.3 Å². The molecule has 1 aliphatic rings. The fourth-order valence-corrected chi connectivity index (χ4v) is 4.38. The highest BCUT2D eigenvalue weighted by atomic mass is 16.7. The van der Waals surface area contributed by atoms with Gasteiger partial charge in [-0.15, -0.1) is 0 Å². The minimum absolute atomic E-state index is 0.269. The van der Waals surface area contributed by atoms with Crippen molar-refractivity contribution in [1.82, 2.24) is 34.6 Å². The van der Waals surface area contributed by atoms with E-state index in [2.05, 4.69) is 53.2 Å². The van der Waals surface area contributed by atoms with Crippen LogP contribution in [0.25, 0.3) is 5.82 Å². The van der Waals surface area contributed by atoms with E-state index in [9.17, 15) is 9.90 Å². The molecule has 0 unspecified atom stereocenters. The third-order valence-corrected chi connectivity index (χ3v) is 6.86. The molecule has 0 radical (unpaired) electrons. The van der Waals surface area contributed by atoms with Crippen molar-refractivity contribution in [3.63, 3.8) is 0 Å². The van der Waals surface area contributed by atoms with Crippen LogP contribution in [-0.2, 0) is 10.4 Å². The molecule has 220 valence electrons. The number of likely N-dealkylation sites (N-methyl/N-ethyl adjacent to an activating group) is 1. The van der Waals surface area contributed by atoms with Crippen molar-refractivity contribution in [2.75, 3.05) is 49.4 Å². The van der Waals surface area contributed by atoms with Crippen molar-refractivity contribution in [2.24, 2.45) is 0 Å². The van der Waals surface area contributed by atoms with E-state index < -0.39 is 11.6 Å². The number of piperazine rings is 1. The highest BCUT2D eigenvalue weighted by Gasteiger charge is 2.20. The van der Waals surface area contributed by atoms with E-state index >= 15 is 0 Å². The van der Waals surface area contributed by atoms with Crippen LogP contribution < -0.4 is 16.2 Å². The lowest BCUT2D eigenvalue weighted by molar-refractivity contribution is 0.0592. The van der Waals surface area contributed by atoms with Crippen molar-refractivity contribution in [3.8, 4) is 5.82 Å². The van der Waals surface area contributed by atoms with Gasteiger partial charge in [0, 0.05) is 50.2 Å². The van der Waals surface area contributed by atoms with Gasteiger partial charge >= 0.3 is 5.97 Å². The number of pyridine rings is 1. The van der Waals surface area contributed by atoms with Crippen LogP contribution in [0.4, 0.5) is 23.0 Å². The highest BCUT2D eigenvalue weighted by molar-refractivity contribution is 5.90. The van der Waals surface area contributed by atoms with Gasteiger partial charge in [-0.2, -0.15) is 9.78 Å². The number of benzene rings is 1. The Morgan fingerprint density at radius 2 is 1.79 bits per heavy atom. The largest absolute Gasteiger partial charge is 0.384 e. The summed E-state index contributed by atoms with van der Waals surface area (Å²) in [5.74, 6) is 1.42. The number of aromatic nitrogens is 5. The molecule has 0 amide bonds. The number of carbonyl (C=O) groups is 1. The Morgan fingerprint density at radius 3 is 2.55 bits per heavy atom. The first-order valence-corrected chi connectivity index (χ1v) is 13.7. The Labute approximate surface area is 244 Å². The SMILES string of the molecule is Cc1cc(Nc2cc(NOC(=O)c3ccnc(C(C)(C)O)c3)ccc2C)n(-c2cc(NN3CCN(C)CC3)ncn2)n1. The zero-order chi connectivity index (χ0) is 29.9. The molecular formula is C29H36N10O3. The van der Waals surface area contributed by atoms with Crippen LogP contribution >= 0.6 is 0 Å². The Hall–Kier alpha value is -4.59. The summed E-state index contributed by atoms with van der Waals surface area (Å²) in [6.07, 6.45) is 2.98. The molecule has 0 spiro atoms. The van der Waals surface area contributed by atoms with Gasteiger partial charge in [-0.1, -0.05) is 6.07 Å². The molecule has 42 heavy (non-hydrogen) atoms. The highest BCUT2D eigenvalue weighted by Crippen LogP contribution is 2.27. The third kappa shape index (κ3) is 7.00. The lowest BCUT2D eigenvalue weighted by atomic mass is 10.0. The van der Waals surface area contributed by atoms with E-state index in [1.807, 2.05) is 44.2 Å². The molecule has 1 aliphatic heterocycles. The van der Waals surface area contributed by atoms with Gasteiger partial charge in [0.15, 0.2) is 5.82 Å². The Balaban J connectivity index is 1.29. The van der Waals surface area contributed by atoms with Crippen LogP contribution in [0, 0.1) is 13.8 Å². The number of rotatable bonds is 9. The van der Waals surface area contributed by atoms with E-state index in [-0.39, 0.29) is 5.56 Å². The molecule has 3 aromatic heterocycles. The molecule has 0 aliphatic carbocycles. The lowest BCUT2D eigenvalue weighted by Gasteiger charge is -2.32. The van der Waals surface area contributed by atoms with Crippen LogP contribution in [0.1, 0.15) is 41.2 Å². The van der Waals surface area contributed by atoms with Crippen molar-refractivity contribution in [3.05, 3.63) is 77.5 Å². The second kappa shape index (κ2) is 12.1. The first-order chi connectivity index (χ1) is 20.0. The summed E-state index contributed by atoms with van der Waals surface area (Å²) in [6, 6.07) is 12.4. The number of hydrogen-bond acceptors (Lipinski definition) is 12. The van der Waals surface area contributed by atoms with E-state index in [0.717, 1.165) is 43.1 Å². The fourth-order valence-electron chi connectivity index (χ4n) is 4.38. The number of aliphatic hydroxyl groups is 1. The molecule has 0 saturated carbocycles. The maximum atomic E-state index is 12.7. The van der Waals surface area contributed by atoms with Gasteiger partial charge < -0.3 is 25.6 Å². The zero-order valence-corrected chi connectivity index (χ0v) is 24.4. The van der Waals surface area contributed by atoms with Gasteiger partial charge in [0.1, 0.15) is 23.6 Å². The van der Waals surface area contributed by atoms with Crippen LogP contribution in [0.15, 0.2) is 55.0 Å². The molecule has 13 nitrogen and oxygen atoms in total. The molecule has 4 N–H and O–H groups in total. The molecular weight excluding hydrogens is 536 g/mol. The van der Waals surface area contributed by atoms with E-state index in [1.54, 1.807) is 18.5 Å². The molecule has 1 fully saturated rings. The topological polar surface area (TPSA) is 146 Å². The predicted molar refractivity (Wildman–Crippen MR) is 160 cm³/mol. The summed E-state index contributed by atoms with van der Waals surface area (Å²) in [4.78, 5) is 33.3. The number of anilines is 4. The lowest BCUT2D eigenvalue weighted by Crippen LogP contribution is -2.47. The van der Waals surface area contributed by atoms with Gasteiger partial charge in [0.05, 0.1) is 22.6 Å². The fraction of sp³-hybridized carbons (Fsp3) is 0.345. The number of nitrogens with zero attached hydrogens (tertiary/aromatic N) is 7. The Bertz CT molecular complexity index is 1560. The first-order valence-electron chi connectivity index (χ1n) is 13.7. The van der Waals surface area contributed by atoms with E-state index in [0.29, 0.717) is 28.8 Å². The van der Waals surface area contributed by atoms with Crippen molar-refractivity contribution in [2.45, 2.75) is 33.3 Å². The van der Waals surface area contributed by atoms with Gasteiger partial charge in [0.2, 0.25) is 0 Å². The second-order valence-electron chi connectivity index (χ2n) is 10.9. The number of carbonyl (C=O) groups excluding carboxylic acids is 1. The average molecular weight is 573 g/mol. The molecule has 13 heteroatoms. The summed E-state index contributed by atoms with van der Waals surface area (Å²) in [7, 11) is 2.12. The number of hydrazine groups is 1. The van der Waals surface area contributed by atoms with E-state index in [1.165, 1.54) is 24.7 Å². The molecule has 0 atom stereocenters. The smallest absolute Gasteiger partial charge is 0.362 e. The first kappa shape index (κ1) is 28.9. The van der Waals surface area contributed by atoms with Gasteiger partial charge in [-0.3, -0.25) is 4.98 Å². The predicted octanol–water partition coefficient (Wildman–Crippen LogP) is 3.40. The summed E-state index contributed by atoms with van der Waals surface area (Å²) in [5.41, 5.74) is 8.70. The molecule has 1 saturated heterocycles. The van der Waals surface area contributed by atoms with Crippen LogP contribution in [-0.4, -0.2) is 78.9 Å². The van der Waals surface area contributed by atoms with Crippen LogP contribution in [0.2, 0.25) is 0 Å². The Morgan fingerprint density at radius 1 is 1.00 bits per heavy atom. The normalized spacial score (nSPS) is 14.4. The van der Waals surface area contributed by atoms with Crippen molar-refractivity contribution in [1.29, 1.82) is 0 Å². The quantitative estimate of drug-likeness (QED) is 0.218. The van der Waals surface area contributed by atoms with Gasteiger partial charge in [-0.05, 0) is 64.6 Å². The minimum atomic E-state index is -1.18. The Kier molecular flexibility index (Phi) is 8.34. The minimum Gasteiger partial charge on any atom is -0.384 e. The van der Waals surface area contributed by atoms with Crippen molar-refractivity contribution >= 4 is 29.0 Å².